The highest BCUT2D eigenvalue weighted by atomic mass is 35.5. The molecule has 2 saturated heterocycles. The largest absolute Gasteiger partial charge is 0.354 e. The molecule has 0 atom stereocenters. The van der Waals surface area contributed by atoms with Crippen LogP contribution in [0.25, 0.3) is 11.4 Å². The van der Waals surface area contributed by atoms with Crippen LogP contribution in [0.5, 0.6) is 0 Å². The van der Waals surface area contributed by atoms with Crippen molar-refractivity contribution in [1.82, 2.24) is 25.3 Å². The van der Waals surface area contributed by atoms with E-state index in [-0.39, 0.29) is 17.7 Å². The maximum absolute atomic E-state index is 12.4. The molecule has 10 heteroatoms. The van der Waals surface area contributed by atoms with Gasteiger partial charge in [-0.2, -0.15) is 4.98 Å². The van der Waals surface area contributed by atoms with Crippen molar-refractivity contribution < 1.29 is 14.1 Å². The Morgan fingerprint density at radius 2 is 2.03 bits per heavy atom. The average molecular weight is 466 g/mol. The predicted molar refractivity (Wildman–Crippen MR) is 117 cm³/mol. The van der Waals surface area contributed by atoms with Crippen LogP contribution in [0.15, 0.2) is 22.7 Å². The second-order valence-corrected chi connectivity index (χ2v) is 8.81. The number of carbonyl (C=O) groups excluding carboxylic acids is 2. The van der Waals surface area contributed by atoms with Crippen molar-refractivity contribution in [1.29, 1.82) is 0 Å². The molecule has 0 radical (unpaired) electrons. The fourth-order valence-corrected chi connectivity index (χ4v) is 4.54. The molecule has 2 aliphatic rings. The summed E-state index contributed by atoms with van der Waals surface area (Å²) in [5, 5.41) is 8.03. The van der Waals surface area contributed by atoms with Crippen molar-refractivity contribution in [2.75, 3.05) is 32.7 Å². The maximum atomic E-state index is 12.4. The van der Waals surface area contributed by atoms with Gasteiger partial charge >= 0.3 is 0 Å². The first-order valence-electron chi connectivity index (χ1n) is 10.6. The Morgan fingerprint density at radius 3 is 2.74 bits per heavy atom. The highest BCUT2D eigenvalue weighted by Crippen LogP contribution is 2.28. The number of nitrogens with zero attached hydrogens (tertiary/aromatic N) is 4. The van der Waals surface area contributed by atoms with Crippen LogP contribution in [-0.4, -0.2) is 64.5 Å². The molecule has 1 N–H and O–H groups in total. The topological polar surface area (TPSA) is 91.6 Å². The van der Waals surface area contributed by atoms with Crippen LogP contribution >= 0.6 is 23.2 Å². The van der Waals surface area contributed by atoms with Gasteiger partial charge in [-0.1, -0.05) is 28.4 Å². The lowest BCUT2D eigenvalue weighted by Crippen LogP contribution is -2.42. The summed E-state index contributed by atoms with van der Waals surface area (Å²) in [4.78, 5) is 32.5. The normalized spacial score (nSPS) is 18.0. The quantitative estimate of drug-likeness (QED) is 0.675. The molecule has 4 rings (SSSR count). The third-order valence-corrected chi connectivity index (χ3v) is 6.36. The van der Waals surface area contributed by atoms with Crippen molar-refractivity contribution in [3.05, 3.63) is 34.1 Å². The first-order chi connectivity index (χ1) is 15.0. The second-order valence-electron chi connectivity index (χ2n) is 7.96. The standard InChI is InChI=1S/C21H25Cl2N5O3/c22-15-3-4-16(17(23)12-15)20-25-18(31-26-20)13-27-9-5-14(6-10-27)21(30)24-7-11-28-8-1-2-19(28)29/h3-4,12,14H,1-2,5-11,13H2,(H,24,30). The van der Waals surface area contributed by atoms with Gasteiger partial charge in [-0.25, -0.2) is 0 Å². The van der Waals surface area contributed by atoms with Crippen LogP contribution in [0.1, 0.15) is 31.6 Å². The summed E-state index contributed by atoms with van der Waals surface area (Å²) < 4.78 is 5.39. The van der Waals surface area contributed by atoms with Gasteiger partial charge in [0.2, 0.25) is 23.5 Å². The zero-order valence-electron chi connectivity index (χ0n) is 17.1. The van der Waals surface area contributed by atoms with Crippen molar-refractivity contribution in [3.8, 4) is 11.4 Å². The molecule has 1 aromatic heterocycles. The van der Waals surface area contributed by atoms with Crippen molar-refractivity contribution in [2.45, 2.75) is 32.2 Å². The summed E-state index contributed by atoms with van der Waals surface area (Å²) in [6, 6.07) is 5.15. The number of likely N-dealkylation sites (tertiary alicyclic amines) is 2. The van der Waals surface area contributed by atoms with Gasteiger partial charge in [0.25, 0.3) is 0 Å². The van der Waals surface area contributed by atoms with Crippen LogP contribution in [0.3, 0.4) is 0 Å². The van der Waals surface area contributed by atoms with E-state index >= 15 is 0 Å². The van der Waals surface area contributed by atoms with Crippen LogP contribution in [0.4, 0.5) is 0 Å². The van der Waals surface area contributed by atoms with Crippen molar-refractivity contribution in [3.63, 3.8) is 0 Å². The Bertz CT molecular complexity index is 943. The smallest absolute Gasteiger partial charge is 0.241 e. The van der Waals surface area contributed by atoms with Gasteiger partial charge in [0.15, 0.2) is 0 Å². The highest BCUT2D eigenvalue weighted by molar-refractivity contribution is 6.36. The molecule has 166 valence electrons. The average Bonchev–Trinajstić information content (AvgIpc) is 3.37. The summed E-state index contributed by atoms with van der Waals surface area (Å²) in [6.07, 6.45) is 3.09. The Kier molecular flexibility index (Phi) is 7.09. The third-order valence-electron chi connectivity index (χ3n) is 5.81. The van der Waals surface area contributed by atoms with Crippen LogP contribution in [0, 0.1) is 5.92 Å². The van der Waals surface area contributed by atoms with E-state index in [1.54, 1.807) is 18.2 Å². The van der Waals surface area contributed by atoms with Gasteiger partial charge in [-0.05, 0) is 50.6 Å². The van der Waals surface area contributed by atoms with Gasteiger partial charge < -0.3 is 14.7 Å². The number of benzene rings is 1. The number of rotatable bonds is 7. The summed E-state index contributed by atoms with van der Waals surface area (Å²) >= 11 is 12.2. The minimum atomic E-state index is -0.00310. The van der Waals surface area contributed by atoms with E-state index in [1.807, 2.05) is 4.90 Å². The number of nitrogens with one attached hydrogen (secondary N) is 1. The first-order valence-corrected chi connectivity index (χ1v) is 11.3. The molecule has 0 saturated carbocycles. The fourth-order valence-electron chi connectivity index (χ4n) is 4.04. The monoisotopic (exact) mass is 465 g/mol. The summed E-state index contributed by atoms with van der Waals surface area (Å²) in [5.74, 6) is 1.20. The van der Waals surface area contributed by atoms with E-state index in [1.165, 1.54) is 0 Å². The Morgan fingerprint density at radius 1 is 1.23 bits per heavy atom. The van der Waals surface area contributed by atoms with Gasteiger partial charge in [-0.3, -0.25) is 14.5 Å². The molecule has 0 spiro atoms. The van der Waals surface area contributed by atoms with E-state index in [4.69, 9.17) is 27.7 Å². The van der Waals surface area contributed by atoms with Crippen molar-refractivity contribution in [2.24, 2.45) is 5.92 Å². The lowest BCUT2D eigenvalue weighted by molar-refractivity contribution is -0.129. The van der Waals surface area contributed by atoms with E-state index in [0.29, 0.717) is 53.4 Å². The summed E-state index contributed by atoms with van der Waals surface area (Å²) in [6.45, 7) is 4.01. The Hall–Kier alpha value is -2.16. The minimum Gasteiger partial charge on any atom is -0.354 e. The highest BCUT2D eigenvalue weighted by Gasteiger charge is 2.26. The van der Waals surface area contributed by atoms with E-state index in [0.717, 1.165) is 38.9 Å². The number of amides is 2. The minimum absolute atomic E-state index is 0.00310. The number of carbonyl (C=O) groups is 2. The molecule has 2 amide bonds. The fraction of sp³-hybridized carbons (Fsp3) is 0.524. The number of halogens is 2. The number of aromatic nitrogens is 2. The zero-order chi connectivity index (χ0) is 21.8. The molecule has 2 fully saturated rings. The number of piperidine rings is 1. The Labute approximate surface area is 190 Å². The molecule has 0 bridgehead atoms. The van der Waals surface area contributed by atoms with Gasteiger partial charge in [0, 0.05) is 42.6 Å². The molecule has 8 nitrogen and oxygen atoms in total. The van der Waals surface area contributed by atoms with Crippen LogP contribution in [0.2, 0.25) is 10.0 Å². The first kappa shape index (κ1) is 22.0. The summed E-state index contributed by atoms with van der Waals surface area (Å²) in [7, 11) is 0. The molecular weight excluding hydrogens is 441 g/mol. The van der Waals surface area contributed by atoms with Crippen LogP contribution in [-0.2, 0) is 16.1 Å². The van der Waals surface area contributed by atoms with Gasteiger partial charge in [0.1, 0.15) is 0 Å². The lowest BCUT2D eigenvalue weighted by Gasteiger charge is -2.30. The number of hydrogen-bond donors (Lipinski definition) is 1. The third kappa shape index (κ3) is 5.56. The molecule has 2 aliphatic heterocycles. The predicted octanol–water partition coefficient (Wildman–Crippen LogP) is 2.99. The van der Waals surface area contributed by atoms with E-state index < -0.39 is 0 Å². The Balaban J connectivity index is 1.22. The zero-order valence-corrected chi connectivity index (χ0v) is 18.7. The molecule has 2 aromatic rings. The van der Waals surface area contributed by atoms with Gasteiger partial charge in [0.05, 0.1) is 11.6 Å². The second kappa shape index (κ2) is 9.97. The van der Waals surface area contributed by atoms with Crippen LogP contribution < -0.4 is 5.32 Å². The van der Waals surface area contributed by atoms with Gasteiger partial charge in [-0.15, -0.1) is 0 Å². The molecule has 0 aliphatic carbocycles. The van der Waals surface area contributed by atoms with E-state index in [2.05, 4.69) is 20.4 Å². The maximum Gasteiger partial charge on any atom is 0.241 e. The SMILES string of the molecule is O=C(NCCN1CCCC1=O)C1CCN(Cc2nc(-c3ccc(Cl)cc3Cl)no2)CC1. The molecule has 0 unspecified atom stereocenters. The number of hydrogen-bond acceptors (Lipinski definition) is 6. The van der Waals surface area contributed by atoms with Crippen molar-refractivity contribution >= 4 is 35.0 Å². The molecule has 1 aromatic carbocycles. The lowest BCUT2D eigenvalue weighted by atomic mass is 9.96. The molecular formula is C21H25Cl2N5O3. The van der Waals surface area contributed by atoms with E-state index in [9.17, 15) is 9.59 Å². The summed E-state index contributed by atoms with van der Waals surface area (Å²) in [5.41, 5.74) is 0.673. The molecule has 31 heavy (non-hydrogen) atoms. The molecule has 3 heterocycles.